The maximum absolute atomic E-state index is 9.59. The number of aromatic hydroxyl groups is 1. The molecule has 0 fully saturated rings. The van der Waals surface area contributed by atoms with E-state index in [1.807, 2.05) is 6.92 Å². The molecule has 0 aliphatic carbocycles. The fourth-order valence-corrected chi connectivity index (χ4v) is 1.52. The van der Waals surface area contributed by atoms with E-state index in [1.165, 1.54) is 6.07 Å². The van der Waals surface area contributed by atoms with Gasteiger partial charge in [0, 0.05) is 13.7 Å². The molecule has 0 heterocycles. The van der Waals surface area contributed by atoms with Gasteiger partial charge < -0.3 is 14.6 Å². The zero-order chi connectivity index (χ0) is 13.4. The standard InChI is InChI=1S/C13H18N2O3/c1-3-18-13-8-10(4-5-12(13)16)11(9-14)15-6-7-17-2/h4-5,8,11,15-16H,3,6-7H2,1-2H3. The SMILES string of the molecule is CCOc1cc(C(C#N)NCCOC)ccc1O. The second kappa shape index (κ2) is 7.54. The summed E-state index contributed by atoms with van der Waals surface area (Å²) in [7, 11) is 1.61. The van der Waals surface area contributed by atoms with Gasteiger partial charge in [-0.15, -0.1) is 0 Å². The Morgan fingerprint density at radius 3 is 2.89 bits per heavy atom. The zero-order valence-electron chi connectivity index (χ0n) is 10.6. The molecule has 0 saturated heterocycles. The van der Waals surface area contributed by atoms with Crippen molar-refractivity contribution in [1.29, 1.82) is 5.26 Å². The second-order valence-electron chi connectivity index (χ2n) is 3.67. The van der Waals surface area contributed by atoms with Crippen LogP contribution in [0.3, 0.4) is 0 Å². The number of hydrogen-bond donors (Lipinski definition) is 2. The van der Waals surface area contributed by atoms with Crippen LogP contribution in [0.4, 0.5) is 0 Å². The molecule has 1 rings (SSSR count). The van der Waals surface area contributed by atoms with Crippen molar-refractivity contribution in [2.75, 3.05) is 26.9 Å². The molecule has 1 aromatic rings. The maximum Gasteiger partial charge on any atom is 0.161 e. The van der Waals surface area contributed by atoms with Gasteiger partial charge in [0.15, 0.2) is 11.5 Å². The third-order valence-electron chi connectivity index (χ3n) is 2.40. The Morgan fingerprint density at radius 2 is 2.28 bits per heavy atom. The Labute approximate surface area is 107 Å². The molecule has 2 N–H and O–H groups in total. The van der Waals surface area contributed by atoms with Crippen LogP contribution in [0.1, 0.15) is 18.5 Å². The number of nitrogens with one attached hydrogen (secondary N) is 1. The first kappa shape index (κ1) is 14.3. The van der Waals surface area contributed by atoms with E-state index in [2.05, 4.69) is 11.4 Å². The fraction of sp³-hybridized carbons (Fsp3) is 0.462. The van der Waals surface area contributed by atoms with Crippen LogP contribution in [0.5, 0.6) is 11.5 Å². The van der Waals surface area contributed by atoms with E-state index in [9.17, 15) is 5.11 Å². The molecule has 0 aliphatic heterocycles. The number of hydrogen-bond acceptors (Lipinski definition) is 5. The van der Waals surface area contributed by atoms with Gasteiger partial charge in [-0.05, 0) is 24.6 Å². The van der Waals surface area contributed by atoms with Crippen LogP contribution >= 0.6 is 0 Å². The maximum atomic E-state index is 9.59. The number of nitriles is 1. The minimum atomic E-state index is -0.444. The van der Waals surface area contributed by atoms with E-state index in [0.29, 0.717) is 25.5 Å². The molecule has 0 bridgehead atoms. The molecule has 5 heteroatoms. The summed E-state index contributed by atoms with van der Waals surface area (Å²) in [4.78, 5) is 0. The average molecular weight is 250 g/mol. The quantitative estimate of drug-likeness (QED) is 0.719. The lowest BCUT2D eigenvalue weighted by Gasteiger charge is -2.13. The number of methoxy groups -OCH3 is 1. The molecule has 0 radical (unpaired) electrons. The molecule has 0 amide bonds. The van der Waals surface area contributed by atoms with Gasteiger partial charge in [-0.25, -0.2) is 0 Å². The van der Waals surface area contributed by atoms with Crippen molar-refractivity contribution in [1.82, 2.24) is 5.32 Å². The molecule has 0 aromatic heterocycles. The monoisotopic (exact) mass is 250 g/mol. The van der Waals surface area contributed by atoms with Crippen molar-refractivity contribution >= 4 is 0 Å². The zero-order valence-corrected chi connectivity index (χ0v) is 10.6. The van der Waals surface area contributed by atoms with Crippen LogP contribution in [-0.4, -0.2) is 32.0 Å². The highest BCUT2D eigenvalue weighted by Crippen LogP contribution is 2.29. The van der Waals surface area contributed by atoms with Gasteiger partial charge in [-0.3, -0.25) is 5.32 Å². The summed E-state index contributed by atoms with van der Waals surface area (Å²) in [6.45, 7) is 3.42. The molecule has 0 aliphatic rings. The van der Waals surface area contributed by atoms with Gasteiger partial charge in [0.1, 0.15) is 6.04 Å². The summed E-state index contributed by atoms with van der Waals surface area (Å²) in [5, 5.41) is 21.8. The molecule has 0 saturated carbocycles. The molecule has 5 nitrogen and oxygen atoms in total. The van der Waals surface area contributed by atoms with Crippen LogP contribution in [0.15, 0.2) is 18.2 Å². The summed E-state index contributed by atoms with van der Waals surface area (Å²) in [5.74, 6) is 0.470. The molecule has 0 spiro atoms. The summed E-state index contributed by atoms with van der Waals surface area (Å²) in [5.41, 5.74) is 0.759. The van der Waals surface area contributed by atoms with Gasteiger partial charge in [0.2, 0.25) is 0 Å². The third kappa shape index (κ3) is 3.91. The summed E-state index contributed by atoms with van der Waals surface area (Å²) >= 11 is 0. The fourth-order valence-electron chi connectivity index (χ4n) is 1.52. The first-order valence-corrected chi connectivity index (χ1v) is 5.80. The Hall–Kier alpha value is -1.77. The highest BCUT2D eigenvalue weighted by molar-refractivity contribution is 5.43. The van der Waals surface area contributed by atoms with Crippen molar-refractivity contribution in [3.63, 3.8) is 0 Å². The van der Waals surface area contributed by atoms with Crippen LogP contribution < -0.4 is 10.1 Å². The highest BCUT2D eigenvalue weighted by atomic mass is 16.5. The van der Waals surface area contributed by atoms with Gasteiger partial charge in [-0.1, -0.05) is 6.07 Å². The number of nitrogens with zero attached hydrogens (tertiary/aromatic N) is 1. The first-order chi connectivity index (χ1) is 8.72. The first-order valence-electron chi connectivity index (χ1n) is 5.80. The summed E-state index contributed by atoms with van der Waals surface area (Å²) in [6, 6.07) is 6.62. The molecule has 18 heavy (non-hydrogen) atoms. The van der Waals surface area contributed by atoms with Crippen LogP contribution in [0.25, 0.3) is 0 Å². The number of rotatable bonds is 7. The van der Waals surface area contributed by atoms with Crippen molar-refractivity contribution in [3.8, 4) is 17.6 Å². The molecular weight excluding hydrogens is 232 g/mol. The minimum absolute atomic E-state index is 0.0779. The topological polar surface area (TPSA) is 74.5 Å². The molecule has 1 unspecified atom stereocenters. The average Bonchev–Trinajstić information content (AvgIpc) is 2.38. The van der Waals surface area contributed by atoms with Crippen molar-refractivity contribution in [2.24, 2.45) is 0 Å². The third-order valence-corrected chi connectivity index (χ3v) is 2.40. The Balaban J connectivity index is 2.79. The minimum Gasteiger partial charge on any atom is -0.504 e. The smallest absolute Gasteiger partial charge is 0.161 e. The lowest BCUT2D eigenvalue weighted by Crippen LogP contribution is -2.23. The van der Waals surface area contributed by atoms with Crippen LogP contribution in [0, 0.1) is 11.3 Å². The Bertz CT molecular complexity index is 415. The normalized spacial score (nSPS) is 11.8. The largest absolute Gasteiger partial charge is 0.504 e. The molecule has 98 valence electrons. The number of ether oxygens (including phenoxy) is 2. The summed E-state index contributed by atoms with van der Waals surface area (Å²) in [6.07, 6.45) is 0. The molecule has 1 atom stereocenters. The summed E-state index contributed by atoms with van der Waals surface area (Å²) < 4.78 is 10.2. The lowest BCUT2D eigenvalue weighted by atomic mass is 10.1. The molecule has 1 aromatic carbocycles. The van der Waals surface area contributed by atoms with Crippen molar-refractivity contribution < 1.29 is 14.6 Å². The van der Waals surface area contributed by atoms with E-state index in [0.717, 1.165) is 5.56 Å². The van der Waals surface area contributed by atoms with E-state index >= 15 is 0 Å². The van der Waals surface area contributed by atoms with Gasteiger partial charge in [0.25, 0.3) is 0 Å². The van der Waals surface area contributed by atoms with Crippen molar-refractivity contribution in [2.45, 2.75) is 13.0 Å². The number of phenolic OH excluding ortho intramolecular Hbond substituents is 1. The highest BCUT2D eigenvalue weighted by Gasteiger charge is 2.12. The Morgan fingerprint density at radius 1 is 1.50 bits per heavy atom. The van der Waals surface area contributed by atoms with E-state index in [-0.39, 0.29) is 5.75 Å². The predicted molar refractivity (Wildman–Crippen MR) is 67.5 cm³/mol. The Kier molecular flexibility index (Phi) is 5.98. The van der Waals surface area contributed by atoms with E-state index in [1.54, 1.807) is 19.2 Å². The van der Waals surface area contributed by atoms with E-state index < -0.39 is 6.04 Å². The van der Waals surface area contributed by atoms with Gasteiger partial charge in [-0.2, -0.15) is 5.26 Å². The van der Waals surface area contributed by atoms with Crippen LogP contribution in [-0.2, 0) is 4.74 Å². The van der Waals surface area contributed by atoms with Crippen LogP contribution in [0.2, 0.25) is 0 Å². The van der Waals surface area contributed by atoms with Crippen molar-refractivity contribution in [3.05, 3.63) is 23.8 Å². The number of phenols is 1. The predicted octanol–water partition coefficient (Wildman–Crippen LogP) is 1.59. The van der Waals surface area contributed by atoms with Gasteiger partial charge in [0.05, 0.1) is 19.3 Å². The lowest BCUT2D eigenvalue weighted by molar-refractivity contribution is 0.198. The van der Waals surface area contributed by atoms with E-state index in [4.69, 9.17) is 14.7 Å². The molecular formula is C13H18N2O3. The number of benzene rings is 1. The second-order valence-corrected chi connectivity index (χ2v) is 3.67. The van der Waals surface area contributed by atoms with Gasteiger partial charge >= 0.3 is 0 Å².